The van der Waals surface area contributed by atoms with E-state index in [1.807, 2.05) is 49.4 Å². The highest BCUT2D eigenvalue weighted by Gasteiger charge is 2.14. The lowest BCUT2D eigenvalue weighted by atomic mass is 10.0. The molecule has 1 N–H and O–H groups in total. The number of nitrogens with one attached hydrogen (secondary N) is 1. The van der Waals surface area contributed by atoms with Crippen LogP contribution in [0.25, 0.3) is 11.8 Å². The van der Waals surface area contributed by atoms with Gasteiger partial charge in [-0.3, -0.25) is 4.79 Å². The normalized spacial score (nSPS) is 11.0. The lowest BCUT2D eigenvalue weighted by molar-refractivity contribution is 0.103. The Morgan fingerprint density at radius 2 is 1.80 bits per heavy atom. The van der Waals surface area contributed by atoms with E-state index in [0.29, 0.717) is 27.7 Å². The smallest absolute Gasteiger partial charge is 0.195 e. The van der Waals surface area contributed by atoms with E-state index in [2.05, 4.69) is 20.8 Å². The van der Waals surface area contributed by atoms with Gasteiger partial charge in [-0.1, -0.05) is 59.6 Å². The van der Waals surface area contributed by atoms with E-state index < -0.39 is 0 Å². The number of ketones is 1. The summed E-state index contributed by atoms with van der Waals surface area (Å²) in [4.78, 5) is 12.9. The first-order chi connectivity index (χ1) is 14.6. The van der Waals surface area contributed by atoms with Gasteiger partial charge in [0.1, 0.15) is 0 Å². The van der Waals surface area contributed by atoms with E-state index in [0.717, 1.165) is 11.3 Å². The second-order valence-corrected chi connectivity index (χ2v) is 7.08. The van der Waals surface area contributed by atoms with Crippen molar-refractivity contribution in [3.8, 4) is 5.69 Å². The second kappa shape index (κ2) is 8.71. The number of aromatic nitrogens is 4. The molecule has 3 aromatic carbocycles. The second-order valence-electron chi connectivity index (χ2n) is 6.65. The maximum absolute atomic E-state index is 12.9. The van der Waals surface area contributed by atoms with E-state index in [9.17, 15) is 4.79 Å². The van der Waals surface area contributed by atoms with Gasteiger partial charge in [-0.2, -0.15) is 4.68 Å². The molecule has 4 aromatic rings. The molecule has 6 nitrogen and oxygen atoms in total. The molecule has 0 bridgehead atoms. The highest BCUT2D eigenvalue weighted by Crippen LogP contribution is 2.24. The van der Waals surface area contributed by atoms with Crippen molar-refractivity contribution in [1.82, 2.24) is 20.2 Å². The SMILES string of the molecule is Cc1ccc(-n2nnnc2C=CNc2ccc(Cl)cc2C(=O)c2ccccc2)cc1. The van der Waals surface area contributed by atoms with Gasteiger partial charge in [0.2, 0.25) is 0 Å². The maximum atomic E-state index is 12.9. The van der Waals surface area contributed by atoms with E-state index in [1.165, 1.54) is 0 Å². The summed E-state index contributed by atoms with van der Waals surface area (Å²) in [7, 11) is 0. The maximum Gasteiger partial charge on any atom is 0.195 e. The number of anilines is 1. The van der Waals surface area contributed by atoms with Crippen LogP contribution in [0.1, 0.15) is 27.3 Å². The molecule has 148 valence electrons. The van der Waals surface area contributed by atoms with Crippen LogP contribution in [0, 0.1) is 6.92 Å². The highest BCUT2D eigenvalue weighted by atomic mass is 35.5. The van der Waals surface area contributed by atoms with Crippen LogP contribution in [0.3, 0.4) is 0 Å². The first kappa shape index (κ1) is 19.5. The molecule has 0 aliphatic rings. The lowest BCUT2D eigenvalue weighted by Crippen LogP contribution is -2.05. The monoisotopic (exact) mass is 415 g/mol. The fourth-order valence-electron chi connectivity index (χ4n) is 2.95. The van der Waals surface area contributed by atoms with Crippen LogP contribution in [-0.4, -0.2) is 26.0 Å². The Kier molecular flexibility index (Phi) is 5.68. The molecule has 7 heteroatoms. The van der Waals surface area contributed by atoms with Gasteiger partial charge in [0.25, 0.3) is 0 Å². The van der Waals surface area contributed by atoms with Gasteiger partial charge in [0.15, 0.2) is 11.6 Å². The van der Waals surface area contributed by atoms with Crippen LogP contribution < -0.4 is 5.32 Å². The summed E-state index contributed by atoms with van der Waals surface area (Å²) in [6, 6.07) is 22.1. The summed E-state index contributed by atoms with van der Waals surface area (Å²) in [6.07, 6.45) is 3.44. The zero-order chi connectivity index (χ0) is 20.9. The number of tetrazole rings is 1. The van der Waals surface area contributed by atoms with Gasteiger partial charge in [-0.05, 0) is 47.7 Å². The third-order valence-electron chi connectivity index (χ3n) is 4.51. The molecule has 0 fully saturated rings. The first-order valence-corrected chi connectivity index (χ1v) is 9.67. The predicted molar refractivity (Wildman–Crippen MR) is 118 cm³/mol. The van der Waals surface area contributed by atoms with Crippen molar-refractivity contribution in [1.29, 1.82) is 0 Å². The van der Waals surface area contributed by atoms with Crippen LogP contribution in [0.4, 0.5) is 5.69 Å². The molecule has 0 radical (unpaired) electrons. The largest absolute Gasteiger partial charge is 0.361 e. The van der Waals surface area contributed by atoms with Crippen molar-refractivity contribution in [2.24, 2.45) is 0 Å². The molecule has 0 aliphatic heterocycles. The molecule has 4 rings (SSSR count). The lowest BCUT2D eigenvalue weighted by Gasteiger charge is -2.09. The van der Waals surface area contributed by atoms with Crippen LogP contribution in [0.2, 0.25) is 5.02 Å². The Balaban J connectivity index is 1.58. The van der Waals surface area contributed by atoms with Crippen LogP contribution >= 0.6 is 11.6 Å². The molecule has 0 atom stereocenters. The number of aryl methyl sites for hydroxylation is 1. The van der Waals surface area contributed by atoms with E-state index in [-0.39, 0.29) is 5.78 Å². The summed E-state index contributed by atoms with van der Waals surface area (Å²) in [5.74, 6) is 0.440. The predicted octanol–water partition coefficient (Wildman–Crippen LogP) is 4.94. The zero-order valence-electron chi connectivity index (χ0n) is 16.2. The van der Waals surface area contributed by atoms with Gasteiger partial charge in [0.05, 0.1) is 5.69 Å². The number of hydrogen-bond donors (Lipinski definition) is 1. The van der Waals surface area contributed by atoms with Crippen LogP contribution in [-0.2, 0) is 0 Å². The van der Waals surface area contributed by atoms with Gasteiger partial charge in [-0.25, -0.2) is 0 Å². The summed E-state index contributed by atoms with van der Waals surface area (Å²) >= 11 is 6.14. The summed E-state index contributed by atoms with van der Waals surface area (Å²) in [6.45, 7) is 2.02. The third kappa shape index (κ3) is 4.29. The number of nitrogens with zero attached hydrogens (tertiary/aromatic N) is 4. The third-order valence-corrected chi connectivity index (χ3v) is 4.74. The minimum Gasteiger partial charge on any atom is -0.361 e. The summed E-state index contributed by atoms with van der Waals surface area (Å²) in [5, 5.41) is 15.5. The quantitative estimate of drug-likeness (QED) is 0.451. The van der Waals surface area contributed by atoms with E-state index >= 15 is 0 Å². The Morgan fingerprint density at radius 1 is 1.03 bits per heavy atom. The molecule has 1 heterocycles. The number of carbonyl (C=O) groups is 1. The molecular formula is C23H18ClN5O. The summed E-state index contributed by atoms with van der Waals surface area (Å²) < 4.78 is 1.63. The van der Waals surface area contributed by atoms with Crippen molar-refractivity contribution in [2.45, 2.75) is 6.92 Å². The molecule has 0 amide bonds. The molecule has 0 unspecified atom stereocenters. The van der Waals surface area contributed by atoms with Gasteiger partial charge < -0.3 is 5.32 Å². The van der Waals surface area contributed by atoms with Gasteiger partial charge in [0, 0.05) is 34.1 Å². The number of halogens is 1. The topological polar surface area (TPSA) is 72.7 Å². The summed E-state index contributed by atoms with van der Waals surface area (Å²) in [5.41, 5.74) is 3.73. The molecule has 0 spiro atoms. The van der Waals surface area contributed by atoms with E-state index in [4.69, 9.17) is 11.6 Å². The fourth-order valence-corrected chi connectivity index (χ4v) is 3.12. The molecule has 1 aromatic heterocycles. The Morgan fingerprint density at radius 3 is 2.57 bits per heavy atom. The highest BCUT2D eigenvalue weighted by molar-refractivity contribution is 6.31. The average Bonchev–Trinajstić information content (AvgIpc) is 3.24. The number of carbonyl (C=O) groups excluding carboxylic acids is 1. The fraction of sp³-hybridized carbons (Fsp3) is 0.0435. The van der Waals surface area contributed by atoms with E-state index in [1.54, 1.807) is 47.3 Å². The van der Waals surface area contributed by atoms with Crippen molar-refractivity contribution >= 4 is 29.1 Å². The number of hydrogen-bond acceptors (Lipinski definition) is 5. The van der Waals surface area contributed by atoms with Gasteiger partial charge >= 0.3 is 0 Å². The molecular weight excluding hydrogens is 398 g/mol. The van der Waals surface area contributed by atoms with Crippen molar-refractivity contribution in [3.05, 3.63) is 107 Å². The van der Waals surface area contributed by atoms with Crippen LogP contribution in [0.5, 0.6) is 0 Å². The minimum atomic E-state index is -0.113. The standard InChI is InChI=1S/C23H18ClN5O/c1-16-7-10-19(11-8-16)29-22(26-27-28-29)13-14-25-21-12-9-18(24)15-20(21)23(30)17-5-3-2-4-6-17/h2-15,25H,1H3. The minimum absolute atomic E-state index is 0.113. The van der Waals surface area contributed by atoms with Crippen molar-refractivity contribution in [2.75, 3.05) is 5.32 Å². The van der Waals surface area contributed by atoms with Gasteiger partial charge in [-0.15, -0.1) is 5.10 Å². The molecule has 0 aliphatic carbocycles. The van der Waals surface area contributed by atoms with Crippen LogP contribution in [0.15, 0.2) is 79.0 Å². The molecule has 0 saturated heterocycles. The van der Waals surface area contributed by atoms with Crippen molar-refractivity contribution in [3.63, 3.8) is 0 Å². The Labute approximate surface area is 178 Å². The Hall–Kier alpha value is -3.77. The number of benzene rings is 3. The first-order valence-electron chi connectivity index (χ1n) is 9.29. The zero-order valence-corrected chi connectivity index (χ0v) is 16.9. The molecule has 0 saturated carbocycles. The van der Waals surface area contributed by atoms with Crippen molar-refractivity contribution < 1.29 is 4.79 Å². The molecule has 30 heavy (non-hydrogen) atoms. The average molecular weight is 416 g/mol. The Bertz CT molecular complexity index is 1200. The number of rotatable bonds is 6.